The maximum Gasteiger partial charge on any atom is 0.142 e. The van der Waals surface area contributed by atoms with E-state index in [2.05, 4.69) is 4.90 Å². The number of likely N-dealkylation sites (tertiary alicyclic amines) is 1. The van der Waals surface area contributed by atoms with Crippen LogP contribution in [0.3, 0.4) is 0 Å². The molecule has 2 aliphatic rings. The average Bonchev–Trinajstić information content (AvgIpc) is 2.64. The molecular weight excluding hydrogens is 166 g/mol. The van der Waals surface area contributed by atoms with Crippen molar-refractivity contribution in [3.8, 4) is 0 Å². The smallest absolute Gasteiger partial charge is 0.142 e. The van der Waals surface area contributed by atoms with Gasteiger partial charge in [-0.05, 0) is 6.08 Å². The van der Waals surface area contributed by atoms with Crippen molar-refractivity contribution in [1.29, 1.82) is 0 Å². The number of aldehydes is 1. The minimum Gasteiger partial charge on any atom is -0.381 e. The molecule has 0 aromatic carbocycles. The monoisotopic (exact) mass is 181 g/mol. The number of nitrogens with zero attached hydrogens (tertiary/aromatic N) is 1. The molecule has 3 nitrogen and oxygen atoms in total. The van der Waals surface area contributed by atoms with Crippen LogP contribution < -0.4 is 0 Å². The van der Waals surface area contributed by atoms with Crippen molar-refractivity contribution in [2.75, 3.05) is 32.8 Å². The first-order chi connectivity index (χ1) is 6.40. The number of ether oxygens (including phenoxy) is 1. The molecule has 0 aliphatic carbocycles. The highest BCUT2D eigenvalue weighted by atomic mass is 16.5. The Balaban J connectivity index is 1.78. The Morgan fingerprint density at radius 2 is 2.00 bits per heavy atom. The van der Waals surface area contributed by atoms with Crippen LogP contribution in [0.4, 0.5) is 0 Å². The molecule has 2 atom stereocenters. The summed E-state index contributed by atoms with van der Waals surface area (Å²) in [6.45, 7) is 5.03. The Morgan fingerprint density at radius 1 is 1.31 bits per heavy atom. The van der Waals surface area contributed by atoms with Crippen LogP contribution in [0.1, 0.15) is 0 Å². The Kier molecular flexibility index (Phi) is 2.76. The standard InChI is InChI=1S/C10H15NO2/c12-4-2-1-3-11-5-9-7-13-8-10(9)6-11/h1-2,4,9-10H,3,5-8H2. The normalized spacial score (nSPS) is 34.2. The van der Waals surface area contributed by atoms with Crippen LogP contribution in [0.5, 0.6) is 0 Å². The number of rotatable bonds is 3. The molecule has 2 heterocycles. The van der Waals surface area contributed by atoms with Crippen LogP contribution in [-0.2, 0) is 9.53 Å². The van der Waals surface area contributed by atoms with E-state index >= 15 is 0 Å². The van der Waals surface area contributed by atoms with Gasteiger partial charge in [0.1, 0.15) is 6.29 Å². The van der Waals surface area contributed by atoms with Gasteiger partial charge in [-0.15, -0.1) is 0 Å². The summed E-state index contributed by atoms with van der Waals surface area (Å²) in [5.41, 5.74) is 0. The molecule has 3 heteroatoms. The number of carbonyl (C=O) groups is 1. The molecule has 2 rings (SSSR count). The van der Waals surface area contributed by atoms with E-state index in [1.54, 1.807) is 6.08 Å². The third-order valence-corrected chi connectivity index (χ3v) is 2.89. The van der Waals surface area contributed by atoms with E-state index in [1.807, 2.05) is 6.08 Å². The number of hydrogen-bond donors (Lipinski definition) is 0. The number of allylic oxidation sites excluding steroid dienone is 1. The zero-order chi connectivity index (χ0) is 9.10. The second-order valence-electron chi connectivity index (χ2n) is 3.84. The highest BCUT2D eigenvalue weighted by Crippen LogP contribution is 2.28. The second kappa shape index (κ2) is 4.03. The van der Waals surface area contributed by atoms with Crippen LogP contribution in [0.15, 0.2) is 12.2 Å². The quantitative estimate of drug-likeness (QED) is 0.464. The topological polar surface area (TPSA) is 29.5 Å². The first kappa shape index (κ1) is 8.91. The third kappa shape index (κ3) is 1.98. The molecule has 0 N–H and O–H groups in total. The van der Waals surface area contributed by atoms with Gasteiger partial charge in [-0.3, -0.25) is 9.69 Å². The van der Waals surface area contributed by atoms with Gasteiger partial charge in [-0.25, -0.2) is 0 Å². The summed E-state index contributed by atoms with van der Waals surface area (Å²) >= 11 is 0. The highest BCUT2D eigenvalue weighted by Gasteiger charge is 2.36. The molecule has 2 fully saturated rings. The van der Waals surface area contributed by atoms with Gasteiger partial charge in [-0.2, -0.15) is 0 Å². The van der Waals surface area contributed by atoms with Crippen LogP contribution in [0, 0.1) is 11.8 Å². The fourth-order valence-electron chi connectivity index (χ4n) is 2.20. The molecule has 13 heavy (non-hydrogen) atoms. The van der Waals surface area contributed by atoms with E-state index < -0.39 is 0 Å². The molecule has 2 unspecified atom stereocenters. The molecule has 0 aromatic rings. The predicted molar refractivity (Wildman–Crippen MR) is 49.4 cm³/mol. The summed E-state index contributed by atoms with van der Waals surface area (Å²) in [7, 11) is 0. The SMILES string of the molecule is O=CC=CCN1CC2COCC2C1. The summed E-state index contributed by atoms with van der Waals surface area (Å²) in [5.74, 6) is 1.48. The van der Waals surface area contributed by atoms with Gasteiger partial charge in [0.15, 0.2) is 0 Å². The second-order valence-corrected chi connectivity index (χ2v) is 3.84. The zero-order valence-electron chi connectivity index (χ0n) is 7.69. The fraction of sp³-hybridized carbons (Fsp3) is 0.700. The van der Waals surface area contributed by atoms with E-state index in [4.69, 9.17) is 4.74 Å². The highest BCUT2D eigenvalue weighted by molar-refractivity contribution is 5.64. The van der Waals surface area contributed by atoms with Gasteiger partial charge in [-0.1, -0.05) is 6.08 Å². The van der Waals surface area contributed by atoms with Gasteiger partial charge in [0.2, 0.25) is 0 Å². The van der Waals surface area contributed by atoms with E-state index in [9.17, 15) is 4.79 Å². The van der Waals surface area contributed by atoms with Gasteiger partial charge in [0.05, 0.1) is 13.2 Å². The van der Waals surface area contributed by atoms with E-state index in [0.29, 0.717) is 0 Å². The summed E-state index contributed by atoms with van der Waals surface area (Å²) in [6.07, 6.45) is 4.33. The lowest BCUT2D eigenvalue weighted by Crippen LogP contribution is -2.22. The van der Waals surface area contributed by atoms with Crippen molar-refractivity contribution in [3.63, 3.8) is 0 Å². The van der Waals surface area contributed by atoms with Gasteiger partial charge in [0.25, 0.3) is 0 Å². The first-order valence-electron chi connectivity index (χ1n) is 4.80. The van der Waals surface area contributed by atoms with Crippen molar-refractivity contribution in [1.82, 2.24) is 4.90 Å². The van der Waals surface area contributed by atoms with Crippen LogP contribution in [-0.4, -0.2) is 44.0 Å². The summed E-state index contributed by atoms with van der Waals surface area (Å²) < 4.78 is 5.38. The molecule has 0 spiro atoms. The van der Waals surface area contributed by atoms with Crippen molar-refractivity contribution >= 4 is 6.29 Å². The lowest BCUT2D eigenvalue weighted by Gasteiger charge is -2.13. The number of hydrogen-bond acceptors (Lipinski definition) is 3. The third-order valence-electron chi connectivity index (χ3n) is 2.89. The maximum absolute atomic E-state index is 10.0. The van der Waals surface area contributed by atoms with Crippen molar-refractivity contribution < 1.29 is 9.53 Å². The molecule has 2 aliphatic heterocycles. The van der Waals surface area contributed by atoms with Gasteiger partial charge >= 0.3 is 0 Å². The van der Waals surface area contributed by atoms with Crippen molar-refractivity contribution in [2.24, 2.45) is 11.8 Å². The first-order valence-corrected chi connectivity index (χ1v) is 4.80. The average molecular weight is 181 g/mol. The molecule has 72 valence electrons. The summed E-state index contributed by atoms with van der Waals surface area (Å²) in [6, 6.07) is 0. The van der Waals surface area contributed by atoms with Crippen molar-refractivity contribution in [3.05, 3.63) is 12.2 Å². The molecule has 0 aromatic heterocycles. The molecule has 0 bridgehead atoms. The Morgan fingerprint density at radius 3 is 2.62 bits per heavy atom. The Labute approximate surface area is 78.4 Å². The van der Waals surface area contributed by atoms with Gasteiger partial charge in [0, 0.05) is 31.5 Å². The fourth-order valence-corrected chi connectivity index (χ4v) is 2.20. The van der Waals surface area contributed by atoms with E-state index in [-0.39, 0.29) is 0 Å². The Bertz CT molecular complexity index is 203. The van der Waals surface area contributed by atoms with E-state index in [1.165, 1.54) is 0 Å². The van der Waals surface area contributed by atoms with E-state index in [0.717, 1.165) is 51.0 Å². The predicted octanol–water partition coefficient (Wildman–Crippen LogP) is 0.320. The Hall–Kier alpha value is -0.670. The number of carbonyl (C=O) groups excluding carboxylic acids is 1. The van der Waals surface area contributed by atoms with Crippen molar-refractivity contribution in [2.45, 2.75) is 0 Å². The van der Waals surface area contributed by atoms with Crippen LogP contribution >= 0.6 is 0 Å². The largest absolute Gasteiger partial charge is 0.381 e. The molecule has 0 radical (unpaired) electrons. The molecule has 0 saturated carbocycles. The maximum atomic E-state index is 10.0. The van der Waals surface area contributed by atoms with Gasteiger partial charge < -0.3 is 4.74 Å². The minimum atomic E-state index is 0.740. The lowest BCUT2D eigenvalue weighted by atomic mass is 10.0. The lowest BCUT2D eigenvalue weighted by molar-refractivity contribution is -0.104. The molecule has 0 amide bonds. The molecular formula is C10H15NO2. The zero-order valence-corrected chi connectivity index (χ0v) is 7.69. The van der Waals surface area contributed by atoms with Crippen LogP contribution in [0.2, 0.25) is 0 Å². The molecule has 2 saturated heterocycles. The summed E-state index contributed by atoms with van der Waals surface area (Å²) in [4.78, 5) is 12.4. The minimum absolute atomic E-state index is 0.740. The van der Waals surface area contributed by atoms with Crippen LogP contribution in [0.25, 0.3) is 0 Å². The summed E-state index contributed by atoms with van der Waals surface area (Å²) in [5, 5.41) is 0. The number of fused-ring (bicyclic) bond motifs is 1.